The highest BCUT2D eigenvalue weighted by Gasteiger charge is 2.24. The standard InChI is InChI=1S/C17H18ClNO2/c1-17(2,12-8-10-13(21-3)11-9-12)19-16(20)14-6-4-5-7-15(14)18/h4-11H,1-3H3,(H,19,20). The number of carbonyl (C=O) groups excluding carboxylic acids is 1. The normalized spacial score (nSPS) is 11.0. The fourth-order valence-electron chi connectivity index (χ4n) is 2.08. The topological polar surface area (TPSA) is 38.3 Å². The lowest BCUT2D eigenvalue weighted by molar-refractivity contribution is 0.0912. The third-order valence-electron chi connectivity index (χ3n) is 3.36. The number of hydrogen-bond acceptors (Lipinski definition) is 2. The monoisotopic (exact) mass is 303 g/mol. The number of benzene rings is 2. The molecule has 0 aromatic heterocycles. The first-order valence-electron chi connectivity index (χ1n) is 6.65. The van der Waals surface area contributed by atoms with Gasteiger partial charge in [0.2, 0.25) is 0 Å². The van der Waals surface area contributed by atoms with Crippen LogP contribution in [0.25, 0.3) is 0 Å². The van der Waals surface area contributed by atoms with Crippen LogP contribution in [0.3, 0.4) is 0 Å². The fourth-order valence-corrected chi connectivity index (χ4v) is 2.30. The van der Waals surface area contributed by atoms with Crippen molar-refractivity contribution in [3.8, 4) is 5.75 Å². The molecule has 2 aromatic carbocycles. The van der Waals surface area contributed by atoms with E-state index in [9.17, 15) is 4.79 Å². The first-order chi connectivity index (χ1) is 9.94. The molecular formula is C17H18ClNO2. The zero-order valence-electron chi connectivity index (χ0n) is 12.3. The van der Waals surface area contributed by atoms with Crippen molar-refractivity contribution in [2.45, 2.75) is 19.4 Å². The average Bonchev–Trinajstić information content (AvgIpc) is 2.47. The van der Waals surface area contributed by atoms with E-state index in [2.05, 4.69) is 5.32 Å². The van der Waals surface area contributed by atoms with Crippen molar-refractivity contribution in [2.24, 2.45) is 0 Å². The van der Waals surface area contributed by atoms with Gasteiger partial charge in [0.25, 0.3) is 5.91 Å². The number of halogens is 1. The van der Waals surface area contributed by atoms with Gasteiger partial charge in [-0.3, -0.25) is 4.79 Å². The molecule has 3 nitrogen and oxygen atoms in total. The highest BCUT2D eigenvalue weighted by atomic mass is 35.5. The summed E-state index contributed by atoms with van der Waals surface area (Å²) in [6.45, 7) is 3.90. The number of nitrogens with one attached hydrogen (secondary N) is 1. The number of hydrogen-bond donors (Lipinski definition) is 1. The third-order valence-corrected chi connectivity index (χ3v) is 3.69. The van der Waals surface area contributed by atoms with Crippen molar-refractivity contribution < 1.29 is 9.53 Å². The molecule has 2 aromatic rings. The van der Waals surface area contributed by atoms with E-state index in [4.69, 9.17) is 16.3 Å². The Kier molecular flexibility index (Phi) is 4.53. The number of ether oxygens (including phenoxy) is 1. The molecule has 0 saturated heterocycles. The van der Waals surface area contributed by atoms with Crippen LogP contribution in [-0.2, 0) is 5.54 Å². The highest BCUT2D eigenvalue weighted by Crippen LogP contribution is 2.24. The molecule has 0 aliphatic carbocycles. The van der Waals surface area contributed by atoms with Crippen molar-refractivity contribution in [2.75, 3.05) is 7.11 Å². The predicted octanol–water partition coefficient (Wildman–Crippen LogP) is 4.01. The zero-order valence-corrected chi connectivity index (χ0v) is 13.1. The Morgan fingerprint density at radius 1 is 1.10 bits per heavy atom. The van der Waals surface area contributed by atoms with E-state index in [1.165, 1.54) is 0 Å². The Balaban J connectivity index is 2.20. The summed E-state index contributed by atoms with van der Waals surface area (Å²) >= 11 is 6.06. The number of methoxy groups -OCH3 is 1. The minimum atomic E-state index is -0.511. The SMILES string of the molecule is COc1ccc(C(C)(C)NC(=O)c2ccccc2Cl)cc1. The van der Waals surface area contributed by atoms with Crippen LogP contribution in [0.15, 0.2) is 48.5 Å². The summed E-state index contributed by atoms with van der Waals surface area (Å²) in [5, 5.41) is 3.45. The number of amides is 1. The van der Waals surface area contributed by atoms with Crippen LogP contribution < -0.4 is 10.1 Å². The predicted molar refractivity (Wildman–Crippen MR) is 84.9 cm³/mol. The van der Waals surface area contributed by atoms with Gasteiger partial charge in [-0.2, -0.15) is 0 Å². The zero-order chi connectivity index (χ0) is 15.5. The van der Waals surface area contributed by atoms with E-state index in [1.807, 2.05) is 38.1 Å². The van der Waals surface area contributed by atoms with Crippen LogP contribution in [0.4, 0.5) is 0 Å². The van der Waals surface area contributed by atoms with Crippen molar-refractivity contribution in [1.29, 1.82) is 0 Å². The van der Waals surface area contributed by atoms with E-state index in [1.54, 1.807) is 31.4 Å². The Bertz CT molecular complexity index is 635. The van der Waals surface area contributed by atoms with Gasteiger partial charge in [-0.15, -0.1) is 0 Å². The second-order valence-corrected chi connectivity index (χ2v) is 5.69. The van der Waals surface area contributed by atoms with Gasteiger partial charge in [0.05, 0.1) is 23.2 Å². The molecule has 0 spiro atoms. The van der Waals surface area contributed by atoms with Crippen LogP contribution in [-0.4, -0.2) is 13.0 Å². The molecule has 0 aliphatic heterocycles. The molecule has 21 heavy (non-hydrogen) atoms. The molecule has 2 rings (SSSR count). The first-order valence-corrected chi connectivity index (χ1v) is 7.03. The molecule has 1 amide bonds. The summed E-state index contributed by atoms with van der Waals surface area (Å²) in [6, 6.07) is 14.6. The summed E-state index contributed by atoms with van der Waals surface area (Å²) < 4.78 is 5.14. The average molecular weight is 304 g/mol. The van der Waals surface area contributed by atoms with Crippen LogP contribution in [0, 0.1) is 0 Å². The van der Waals surface area contributed by atoms with Gasteiger partial charge in [0, 0.05) is 0 Å². The molecule has 0 unspecified atom stereocenters. The number of carbonyl (C=O) groups is 1. The largest absolute Gasteiger partial charge is 0.497 e. The van der Waals surface area contributed by atoms with E-state index in [0.29, 0.717) is 10.6 Å². The Hall–Kier alpha value is -2.00. The van der Waals surface area contributed by atoms with Crippen molar-refractivity contribution >= 4 is 17.5 Å². The summed E-state index contributed by atoms with van der Waals surface area (Å²) in [6.07, 6.45) is 0. The maximum atomic E-state index is 12.4. The Morgan fingerprint density at radius 3 is 2.29 bits per heavy atom. The molecule has 0 bridgehead atoms. The molecule has 0 heterocycles. The minimum absolute atomic E-state index is 0.193. The smallest absolute Gasteiger partial charge is 0.253 e. The molecule has 0 saturated carbocycles. The van der Waals surface area contributed by atoms with E-state index < -0.39 is 5.54 Å². The highest BCUT2D eigenvalue weighted by molar-refractivity contribution is 6.33. The molecule has 4 heteroatoms. The molecule has 110 valence electrons. The first kappa shape index (κ1) is 15.4. The van der Waals surface area contributed by atoms with E-state index in [0.717, 1.165) is 11.3 Å². The van der Waals surface area contributed by atoms with Crippen molar-refractivity contribution in [3.63, 3.8) is 0 Å². The molecule has 0 fully saturated rings. The second-order valence-electron chi connectivity index (χ2n) is 5.29. The second kappa shape index (κ2) is 6.19. The molecule has 0 atom stereocenters. The van der Waals surface area contributed by atoms with Gasteiger partial charge in [0.1, 0.15) is 5.75 Å². The fraction of sp³-hybridized carbons (Fsp3) is 0.235. The van der Waals surface area contributed by atoms with Gasteiger partial charge in [-0.25, -0.2) is 0 Å². The van der Waals surface area contributed by atoms with Gasteiger partial charge in [0.15, 0.2) is 0 Å². The van der Waals surface area contributed by atoms with Gasteiger partial charge in [-0.05, 0) is 43.7 Å². The summed E-state index contributed by atoms with van der Waals surface area (Å²) in [5.41, 5.74) is 0.951. The van der Waals surface area contributed by atoms with Gasteiger partial charge in [-0.1, -0.05) is 35.9 Å². The van der Waals surface area contributed by atoms with E-state index >= 15 is 0 Å². The molecular weight excluding hydrogens is 286 g/mol. The Labute approximate surface area is 129 Å². The van der Waals surface area contributed by atoms with Crippen molar-refractivity contribution in [3.05, 3.63) is 64.7 Å². The molecule has 1 N–H and O–H groups in total. The van der Waals surface area contributed by atoms with Crippen molar-refractivity contribution in [1.82, 2.24) is 5.32 Å². The quantitative estimate of drug-likeness (QED) is 0.926. The Morgan fingerprint density at radius 2 is 1.71 bits per heavy atom. The molecule has 0 radical (unpaired) electrons. The van der Waals surface area contributed by atoms with Crippen LogP contribution in [0.5, 0.6) is 5.75 Å². The lowest BCUT2D eigenvalue weighted by Gasteiger charge is -2.27. The minimum Gasteiger partial charge on any atom is -0.497 e. The molecule has 0 aliphatic rings. The summed E-state index contributed by atoms with van der Waals surface area (Å²) in [4.78, 5) is 12.4. The van der Waals surface area contributed by atoms with Gasteiger partial charge >= 0.3 is 0 Å². The summed E-state index contributed by atoms with van der Waals surface area (Å²) in [5.74, 6) is 0.591. The van der Waals surface area contributed by atoms with Crippen LogP contribution in [0.2, 0.25) is 5.02 Å². The lowest BCUT2D eigenvalue weighted by Crippen LogP contribution is -2.41. The number of rotatable bonds is 4. The maximum Gasteiger partial charge on any atom is 0.253 e. The third kappa shape index (κ3) is 3.56. The van der Waals surface area contributed by atoms with Gasteiger partial charge < -0.3 is 10.1 Å². The maximum absolute atomic E-state index is 12.4. The lowest BCUT2D eigenvalue weighted by atomic mass is 9.93. The summed E-state index contributed by atoms with van der Waals surface area (Å²) in [7, 11) is 1.62. The van der Waals surface area contributed by atoms with E-state index in [-0.39, 0.29) is 5.91 Å². The van der Waals surface area contributed by atoms with Crippen LogP contribution >= 0.6 is 11.6 Å². The van der Waals surface area contributed by atoms with Crippen LogP contribution in [0.1, 0.15) is 29.8 Å².